The van der Waals surface area contributed by atoms with Crippen LogP contribution in [0, 0.1) is 12.8 Å². The third-order valence-corrected chi connectivity index (χ3v) is 3.43. The van der Waals surface area contributed by atoms with E-state index in [9.17, 15) is 0 Å². The molecule has 0 aromatic carbocycles. The van der Waals surface area contributed by atoms with Crippen LogP contribution in [0.15, 0.2) is 0 Å². The van der Waals surface area contributed by atoms with Crippen molar-refractivity contribution in [2.45, 2.75) is 45.4 Å². The van der Waals surface area contributed by atoms with Crippen LogP contribution < -0.4 is 5.73 Å². The Hall–Kier alpha value is -0.990. The zero-order valence-corrected chi connectivity index (χ0v) is 8.84. The molecule has 1 aromatic rings. The second kappa shape index (κ2) is 4.03. The number of hydrogen-bond donors (Lipinski definition) is 2. The lowest BCUT2D eigenvalue weighted by atomic mass is 9.99. The molecule has 1 heterocycles. The molecular formula is C11H19N3. The molecule has 1 aliphatic rings. The number of hydrogen-bond acceptors (Lipinski definition) is 2. The molecule has 3 nitrogen and oxygen atoms in total. The summed E-state index contributed by atoms with van der Waals surface area (Å²) >= 11 is 0. The topological polar surface area (TPSA) is 54.7 Å². The molecule has 0 unspecified atom stereocenters. The Morgan fingerprint density at radius 3 is 2.71 bits per heavy atom. The highest BCUT2D eigenvalue weighted by molar-refractivity contribution is 5.40. The Kier molecular flexibility index (Phi) is 2.75. The van der Waals surface area contributed by atoms with Crippen molar-refractivity contribution < 1.29 is 0 Å². The molecule has 1 fully saturated rings. The van der Waals surface area contributed by atoms with Gasteiger partial charge in [-0.25, -0.2) is 0 Å². The number of nitrogen functional groups attached to an aromatic ring is 1. The highest BCUT2D eigenvalue weighted by Crippen LogP contribution is 2.29. The van der Waals surface area contributed by atoms with Gasteiger partial charge in [0.1, 0.15) is 5.82 Å². The first-order chi connectivity index (χ1) is 6.77. The minimum Gasteiger partial charge on any atom is -0.382 e. The number of rotatable bonds is 3. The van der Waals surface area contributed by atoms with Crippen molar-refractivity contribution in [3.63, 3.8) is 0 Å². The molecule has 2 rings (SSSR count). The molecule has 1 aromatic heterocycles. The Labute approximate surface area is 85.1 Å². The van der Waals surface area contributed by atoms with Crippen LogP contribution in [0.1, 0.15) is 43.4 Å². The summed E-state index contributed by atoms with van der Waals surface area (Å²) < 4.78 is 0. The first kappa shape index (κ1) is 9.56. The summed E-state index contributed by atoms with van der Waals surface area (Å²) in [4.78, 5) is 0. The number of aromatic nitrogens is 2. The van der Waals surface area contributed by atoms with Gasteiger partial charge in [-0.15, -0.1) is 0 Å². The summed E-state index contributed by atoms with van der Waals surface area (Å²) in [6.45, 7) is 2.04. The van der Waals surface area contributed by atoms with Gasteiger partial charge in [0, 0.05) is 11.3 Å². The van der Waals surface area contributed by atoms with Gasteiger partial charge in [0.15, 0.2) is 0 Å². The predicted octanol–water partition coefficient (Wildman–Crippen LogP) is 2.42. The van der Waals surface area contributed by atoms with E-state index in [0.29, 0.717) is 5.82 Å². The third-order valence-electron chi connectivity index (χ3n) is 3.43. The van der Waals surface area contributed by atoms with Crippen LogP contribution in [-0.2, 0) is 6.42 Å². The quantitative estimate of drug-likeness (QED) is 0.774. The molecule has 0 amide bonds. The molecule has 3 heteroatoms. The lowest BCUT2D eigenvalue weighted by Crippen LogP contribution is -1.98. The van der Waals surface area contributed by atoms with E-state index in [2.05, 4.69) is 10.2 Å². The molecule has 0 radical (unpaired) electrons. The molecule has 0 aliphatic heterocycles. The zero-order valence-electron chi connectivity index (χ0n) is 8.84. The minimum absolute atomic E-state index is 0.659. The lowest BCUT2D eigenvalue weighted by molar-refractivity contribution is 0.500. The van der Waals surface area contributed by atoms with E-state index in [1.807, 2.05) is 6.92 Å². The molecule has 1 saturated carbocycles. The first-order valence-electron chi connectivity index (χ1n) is 5.56. The van der Waals surface area contributed by atoms with Crippen LogP contribution in [0.5, 0.6) is 0 Å². The Bertz CT molecular complexity index is 297. The van der Waals surface area contributed by atoms with Crippen LogP contribution in [0.2, 0.25) is 0 Å². The second-order valence-corrected chi connectivity index (χ2v) is 4.40. The van der Waals surface area contributed by atoms with Crippen LogP contribution in [0.4, 0.5) is 5.82 Å². The highest BCUT2D eigenvalue weighted by atomic mass is 15.2. The van der Waals surface area contributed by atoms with E-state index in [4.69, 9.17) is 5.73 Å². The molecule has 1 aliphatic carbocycles. The largest absolute Gasteiger partial charge is 0.382 e. The minimum atomic E-state index is 0.659. The van der Waals surface area contributed by atoms with Crippen LogP contribution in [0.25, 0.3) is 0 Å². The van der Waals surface area contributed by atoms with Gasteiger partial charge < -0.3 is 5.73 Å². The summed E-state index contributed by atoms with van der Waals surface area (Å²) in [5.41, 5.74) is 8.05. The average Bonchev–Trinajstić information content (AvgIpc) is 2.77. The number of nitrogens with one attached hydrogen (secondary N) is 1. The summed E-state index contributed by atoms with van der Waals surface area (Å²) in [6, 6.07) is 0. The maximum atomic E-state index is 5.68. The van der Waals surface area contributed by atoms with E-state index in [0.717, 1.165) is 17.9 Å². The molecule has 0 saturated heterocycles. The Morgan fingerprint density at radius 1 is 1.43 bits per heavy atom. The maximum absolute atomic E-state index is 5.68. The van der Waals surface area contributed by atoms with Crippen molar-refractivity contribution in [2.24, 2.45) is 5.92 Å². The lowest BCUT2D eigenvalue weighted by Gasteiger charge is -2.07. The van der Waals surface area contributed by atoms with Gasteiger partial charge in [-0.1, -0.05) is 25.7 Å². The maximum Gasteiger partial charge on any atom is 0.148 e. The number of aromatic amines is 1. The van der Waals surface area contributed by atoms with Gasteiger partial charge in [-0.3, -0.25) is 5.10 Å². The monoisotopic (exact) mass is 193 g/mol. The van der Waals surface area contributed by atoms with Crippen molar-refractivity contribution in [1.82, 2.24) is 10.2 Å². The molecule has 0 bridgehead atoms. The van der Waals surface area contributed by atoms with Gasteiger partial charge in [-0.05, 0) is 25.7 Å². The van der Waals surface area contributed by atoms with E-state index in [1.165, 1.54) is 37.8 Å². The van der Waals surface area contributed by atoms with Gasteiger partial charge in [-0.2, -0.15) is 5.10 Å². The Morgan fingerprint density at radius 2 is 2.14 bits per heavy atom. The van der Waals surface area contributed by atoms with Crippen molar-refractivity contribution in [2.75, 3.05) is 5.73 Å². The third kappa shape index (κ3) is 1.91. The predicted molar refractivity (Wildman–Crippen MR) is 58.0 cm³/mol. The summed E-state index contributed by atoms with van der Waals surface area (Å²) in [6.07, 6.45) is 8.10. The molecule has 3 N–H and O–H groups in total. The van der Waals surface area contributed by atoms with E-state index in [-0.39, 0.29) is 0 Å². The fourth-order valence-corrected chi connectivity index (χ4v) is 2.34. The molecule has 14 heavy (non-hydrogen) atoms. The fraction of sp³-hybridized carbons (Fsp3) is 0.727. The Balaban J connectivity index is 1.88. The molecule has 0 atom stereocenters. The van der Waals surface area contributed by atoms with Gasteiger partial charge in [0.2, 0.25) is 0 Å². The normalized spacial score (nSPS) is 17.8. The summed E-state index contributed by atoms with van der Waals surface area (Å²) in [5, 5.41) is 7.04. The fourth-order valence-electron chi connectivity index (χ4n) is 2.34. The number of nitrogens with zero attached hydrogens (tertiary/aromatic N) is 1. The molecule has 0 spiro atoms. The van der Waals surface area contributed by atoms with Crippen LogP contribution >= 0.6 is 0 Å². The van der Waals surface area contributed by atoms with Gasteiger partial charge in [0.05, 0.1) is 0 Å². The summed E-state index contributed by atoms with van der Waals surface area (Å²) in [7, 11) is 0. The molecular weight excluding hydrogens is 174 g/mol. The number of H-pyrrole nitrogens is 1. The zero-order chi connectivity index (χ0) is 9.97. The summed E-state index contributed by atoms with van der Waals surface area (Å²) in [5.74, 6) is 1.60. The van der Waals surface area contributed by atoms with Gasteiger partial charge >= 0.3 is 0 Å². The number of aryl methyl sites for hydroxylation is 1. The highest BCUT2D eigenvalue weighted by Gasteiger charge is 2.15. The molecule has 78 valence electrons. The van der Waals surface area contributed by atoms with Crippen molar-refractivity contribution >= 4 is 5.82 Å². The number of nitrogens with two attached hydrogens (primary N) is 1. The van der Waals surface area contributed by atoms with Crippen molar-refractivity contribution in [3.8, 4) is 0 Å². The first-order valence-corrected chi connectivity index (χ1v) is 5.56. The van der Waals surface area contributed by atoms with E-state index in [1.54, 1.807) is 0 Å². The SMILES string of the molecule is Cc1c(N)n[nH]c1CCC1CCCC1. The van der Waals surface area contributed by atoms with E-state index < -0.39 is 0 Å². The van der Waals surface area contributed by atoms with Gasteiger partial charge in [0.25, 0.3) is 0 Å². The van der Waals surface area contributed by atoms with Crippen LogP contribution in [0.3, 0.4) is 0 Å². The smallest absolute Gasteiger partial charge is 0.148 e. The van der Waals surface area contributed by atoms with Crippen LogP contribution in [-0.4, -0.2) is 10.2 Å². The average molecular weight is 193 g/mol. The van der Waals surface area contributed by atoms with E-state index >= 15 is 0 Å². The second-order valence-electron chi connectivity index (χ2n) is 4.40. The standard InChI is InChI=1S/C11H19N3/c1-8-10(13-14-11(8)12)7-6-9-4-2-3-5-9/h9H,2-7H2,1H3,(H3,12,13,14). The number of anilines is 1. The van der Waals surface area contributed by atoms with Crippen molar-refractivity contribution in [1.29, 1.82) is 0 Å². The van der Waals surface area contributed by atoms with Crippen molar-refractivity contribution in [3.05, 3.63) is 11.3 Å².